The summed E-state index contributed by atoms with van der Waals surface area (Å²) in [6.07, 6.45) is -3.71. The van der Waals surface area contributed by atoms with E-state index in [4.69, 9.17) is 4.74 Å². The first-order valence-electron chi connectivity index (χ1n) is 6.46. The molecule has 2 nitrogen and oxygen atoms in total. The molecule has 5 heteroatoms. The van der Waals surface area contributed by atoms with Crippen LogP contribution in [0.25, 0.3) is 0 Å². The van der Waals surface area contributed by atoms with Crippen molar-refractivity contribution in [3.05, 3.63) is 35.4 Å². The number of carbonyl (C=O) groups excluding carboxylic acids is 1. The Hall–Kier alpha value is -1.52. The maximum atomic E-state index is 12.8. The van der Waals surface area contributed by atoms with Crippen LogP contribution in [0.3, 0.4) is 0 Å². The molecule has 0 bridgehead atoms. The number of carbonyl (C=O) groups is 1. The lowest BCUT2D eigenvalue weighted by molar-refractivity contribution is -0.154. The summed E-state index contributed by atoms with van der Waals surface area (Å²) in [6.45, 7) is 5.26. The number of hydrogen-bond donors (Lipinski definition) is 0. The van der Waals surface area contributed by atoms with Crippen molar-refractivity contribution in [1.29, 1.82) is 0 Å². The molecule has 1 aromatic carbocycles. The van der Waals surface area contributed by atoms with Gasteiger partial charge >= 0.3 is 12.1 Å². The van der Waals surface area contributed by atoms with Crippen molar-refractivity contribution in [3.8, 4) is 0 Å². The molecular weight excluding hydrogens is 269 g/mol. The smallest absolute Gasteiger partial charge is 0.416 e. The SMILES string of the molecule is CC(C)(C)OC(=O)CCCc1ccccc1C(F)(F)F. The van der Waals surface area contributed by atoms with Crippen LogP contribution in [0.5, 0.6) is 0 Å². The fraction of sp³-hybridized carbons (Fsp3) is 0.533. The summed E-state index contributed by atoms with van der Waals surface area (Å²) in [4.78, 5) is 11.5. The molecular formula is C15H19F3O2. The van der Waals surface area contributed by atoms with Gasteiger partial charge in [0.25, 0.3) is 0 Å². The Bertz CT molecular complexity index is 459. The summed E-state index contributed by atoms with van der Waals surface area (Å²) in [7, 11) is 0. The first-order valence-corrected chi connectivity index (χ1v) is 6.46. The van der Waals surface area contributed by atoms with Crippen LogP contribution in [-0.2, 0) is 22.1 Å². The zero-order valence-electron chi connectivity index (χ0n) is 11.9. The van der Waals surface area contributed by atoms with E-state index >= 15 is 0 Å². The van der Waals surface area contributed by atoms with Crippen LogP contribution in [0.15, 0.2) is 24.3 Å². The summed E-state index contributed by atoms with van der Waals surface area (Å²) in [5.41, 5.74) is -0.992. The summed E-state index contributed by atoms with van der Waals surface area (Å²) in [5.74, 6) is -0.387. The Morgan fingerprint density at radius 2 is 1.75 bits per heavy atom. The van der Waals surface area contributed by atoms with Crippen LogP contribution in [-0.4, -0.2) is 11.6 Å². The van der Waals surface area contributed by atoms with Crippen LogP contribution in [0.2, 0.25) is 0 Å². The Morgan fingerprint density at radius 3 is 2.30 bits per heavy atom. The molecule has 20 heavy (non-hydrogen) atoms. The van der Waals surface area contributed by atoms with E-state index in [9.17, 15) is 18.0 Å². The highest BCUT2D eigenvalue weighted by atomic mass is 19.4. The van der Waals surface area contributed by atoms with Gasteiger partial charge in [-0.05, 0) is 45.2 Å². The number of aryl methyl sites for hydroxylation is 1. The molecule has 0 aliphatic carbocycles. The lowest BCUT2D eigenvalue weighted by Crippen LogP contribution is -2.23. The Morgan fingerprint density at radius 1 is 1.15 bits per heavy atom. The Labute approximate surface area is 116 Å². The summed E-state index contributed by atoms with van der Waals surface area (Å²) >= 11 is 0. The lowest BCUT2D eigenvalue weighted by atomic mass is 10.0. The van der Waals surface area contributed by atoms with Crippen molar-refractivity contribution in [2.75, 3.05) is 0 Å². The minimum absolute atomic E-state index is 0.115. The van der Waals surface area contributed by atoms with Crippen molar-refractivity contribution in [1.82, 2.24) is 0 Å². The van der Waals surface area contributed by atoms with E-state index < -0.39 is 17.3 Å². The van der Waals surface area contributed by atoms with Gasteiger partial charge in [-0.1, -0.05) is 18.2 Å². The number of rotatable bonds is 4. The highest BCUT2D eigenvalue weighted by Gasteiger charge is 2.32. The van der Waals surface area contributed by atoms with Crippen molar-refractivity contribution in [2.24, 2.45) is 0 Å². The standard InChI is InChI=1S/C15H19F3O2/c1-14(2,3)20-13(19)10-6-8-11-7-4-5-9-12(11)15(16,17)18/h4-5,7,9H,6,8,10H2,1-3H3. The monoisotopic (exact) mass is 288 g/mol. The third kappa shape index (κ3) is 5.63. The lowest BCUT2D eigenvalue weighted by Gasteiger charge is -2.19. The number of hydrogen-bond acceptors (Lipinski definition) is 2. The molecule has 0 atom stereocenters. The van der Waals surface area contributed by atoms with Gasteiger partial charge in [-0.25, -0.2) is 0 Å². The normalized spacial score (nSPS) is 12.3. The number of halogens is 3. The van der Waals surface area contributed by atoms with Gasteiger partial charge in [0.2, 0.25) is 0 Å². The van der Waals surface area contributed by atoms with Gasteiger partial charge in [0.1, 0.15) is 5.60 Å². The van der Waals surface area contributed by atoms with Gasteiger partial charge < -0.3 is 4.74 Å². The first kappa shape index (κ1) is 16.5. The summed E-state index contributed by atoms with van der Waals surface area (Å²) < 4.78 is 43.4. The third-order valence-electron chi connectivity index (χ3n) is 2.57. The van der Waals surface area contributed by atoms with Gasteiger partial charge in [-0.3, -0.25) is 4.79 Å². The van der Waals surface area contributed by atoms with Crippen LogP contribution >= 0.6 is 0 Å². The predicted molar refractivity (Wildman–Crippen MR) is 70.2 cm³/mol. The van der Waals surface area contributed by atoms with E-state index in [0.29, 0.717) is 6.42 Å². The predicted octanol–water partition coefficient (Wildman–Crippen LogP) is 4.37. The molecule has 0 aromatic heterocycles. The fourth-order valence-corrected chi connectivity index (χ4v) is 1.83. The van der Waals surface area contributed by atoms with Crippen LogP contribution in [0.4, 0.5) is 13.2 Å². The maximum Gasteiger partial charge on any atom is 0.416 e. The molecule has 0 radical (unpaired) electrons. The van der Waals surface area contributed by atoms with Gasteiger partial charge in [0.15, 0.2) is 0 Å². The number of ether oxygens (including phenoxy) is 1. The Kier molecular flexibility index (Phi) is 5.20. The molecule has 0 fully saturated rings. The van der Waals surface area contributed by atoms with Gasteiger partial charge in [0.05, 0.1) is 5.56 Å². The molecule has 112 valence electrons. The number of benzene rings is 1. The maximum absolute atomic E-state index is 12.8. The minimum atomic E-state index is -4.36. The van der Waals surface area contributed by atoms with Crippen molar-refractivity contribution < 1.29 is 22.7 Å². The van der Waals surface area contributed by atoms with Crippen molar-refractivity contribution in [3.63, 3.8) is 0 Å². The topological polar surface area (TPSA) is 26.3 Å². The summed E-state index contributed by atoms with van der Waals surface area (Å²) in [6, 6.07) is 5.43. The third-order valence-corrected chi connectivity index (χ3v) is 2.57. The molecule has 0 spiro atoms. The average molecular weight is 288 g/mol. The van der Waals surface area contributed by atoms with E-state index in [0.717, 1.165) is 6.07 Å². The molecule has 1 aromatic rings. The van der Waals surface area contributed by atoms with Crippen LogP contribution in [0.1, 0.15) is 44.7 Å². The highest BCUT2D eigenvalue weighted by Crippen LogP contribution is 2.32. The van der Waals surface area contributed by atoms with E-state index in [2.05, 4.69) is 0 Å². The second-order valence-electron chi connectivity index (χ2n) is 5.59. The zero-order chi connectivity index (χ0) is 15.4. The fourth-order valence-electron chi connectivity index (χ4n) is 1.83. The van der Waals surface area contributed by atoms with Crippen molar-refractivity contribution in [2.45, 2.75) is 51.8 Å². The van der Waals surface area contributed by atoms with Gasteiger partial charge in [0, 0.05) is 6.42 Å². The van der Waals surface area contributed by atoms with E-state index in [1.807, 2.05) is 0 Å². The van der Waals surface area contributed by atoms with E-state index in [1.165, 1.54) is 12.1 Å². The molecule has 0 aliphatic heterocycles. The molecule has 1 rings (SSSR count). The molecule has 0 saturated carbocycles. The second-order valence-corrected chi connectivity index (χ2v) is 5.59. The second kappa shape index (κ2) is 6.29. The number of alkyl halides is 3. The molecule has 0 aliphatic rings. The van der Waals surface area contributed by atoms with Crippen LogP contribution < -0.4 is 0 Å². The van der Waals surface area contributed by atoms with E-state index in [1.54, 1.807) is 26.8 Å². The first-order chi connectivity index (χ1) is 9.09. The molecule has 0 heterocycles. The van der Waals surface area contributed by atoms with Crippen molar-refractivity contribution >= 4 is 5.97 Å². The van der Waals surface area contributed by atoms with Crippen LogP contribution in [0, 0.1) is 0 Å². The summed E-state index contributed by atoms with van der Waals surface area (Å²) in [5, 5.41) is 0. The van der Waals surface area contributed by atoms with Gasteiger partial charge in [-0.2, -0.15) is 13.2 Å². The average Bonchev–Trinajstić information content (AvgIpc) is 2.25. The zero-order valence-corrected chi connectivity index (χ0v) is 11.9. The Balaban J connectivity index is 2.57. The van der Waals surface area contributed by atoms with Gasteiger partial charge in [-0.15, -0.1) is 0 Å². The molecule has 0 N–H and O–H groups in total. The molecule has 0 amide bonds. The molecule has 0 saturated heterocycles. The minimum Gasteiger partial charge on any atom is -0.460 e. The van der Waals surface area contributed by atoms with E-state index in [-0.39, 0.29) is 24.4 Å². The molecule has 0 unspecified atom stereocenters. The quantitative estimate of drug-likeness (QED) is 0.769. The largest absolute Gasteiger partial charge is 0.460 e. The number of esters is 1. The highest BCUT2D eigenvalue weighted by molar-refractivity contribution is 5.69.